The Kier molecular flexibility index (Phi) is 4.50. The van der Waals surface area contributed by atoms with Gasteiger partial charge in [0.15, 0.2) is 0 Å². The molecule has 0 aliphatic carbocycles. The van der Waals surface area contributed by atoms with E-state index in [1.54, 1.807) is 18.2 Å². The molecule has 0 aromatic heterocycles. The first-order chi connectivity index (χ1) is 8.99. The Hall–Kier alpha value is -1.03. The number of carbonyl (C=O) groups excluding carboxylic acids is 1. The van der Waals surface area contributed by atoms with Crippen LogP contribution in [0.5, 0.6) is 5.75 Å². The zero-order chi connectivity index (χ0) is 14.0. The van der Waals surface area contributed by atoms with Gasteiger partial charge in [0.2, 0.25) is 0 Å². The van der Waals surface area contributed by atoms with Gasteiger partial charge < -0.3 is 10.0 Å². The fourth-order valence-electron chi connectivity index (χ4n) is 2.62. The largest absolute Gasteiger partial charge is 0.507 e. The Morgan fingerprint density at radius 3 is 2.58 bits per heavy atom. The number of hydrogen-bond donors (Lipinski definition) is 1. The molecule has 1 amide bonds. The molecule has 1 heterocycles. The molecule has 19 heavy (non-hydrogen) atoms. The van der Waals surface area contributed by atoms with E-state index in [0.717, 1.165) is 30.4 Å². The molecule has 0 radical (unpaired) electrons. The highest BCUT2D eigenvalue weighted by molar-refractivity contribution is 9.10. The van der Waals surface area contributed by atoms with Gasteiger partial charge in [-0.25, -0.2) is 0 Å². The van der Waals surface area contributed by atoms with E-state index in [2.05, 4.69) is 29.8 Å². The van der Waals surface area contributed by atoms with Gasteiger partial charge in [0.05, 0.1) is 5.56 Å². The van der Waals surface area contributed by atoms with Crippen molar-refractivity contribution in [1.29, 1.82) is 0 Å². The Labute approximate surface area is 122 Å². The fourth-order valence-corrected chi connectivity index (χ4v) is 2.98. The molecule has 1 aliphatic heterocycles. The van der Waals surface area contributed by atoms with Crippen molar-refractivity contribution in [2.75, 3.05) is 13.1 Å². The second-order valence-electron chi connectivity index (χ2n) is 5.54. The van der Waals surface area contributed by atoms with Crippen LogP contribution in [0.4, 0.5) is 0 Å². The van der Waals surface area contributed by atoms with Crippen molar-refractivity contribution in [1.82, 2.24) is 4.90 Å². The SMILES string of the molecule is CC(C)C1CCN(C(=O)c2cc(Br)ccc2O)CC1. The summed E-state index contributed by atoms with van der Waals surface area (Å²) in [5.41, 5.74) is 0.386. The standard InChI is InChI=1S/C15H20BrNO2/c1-10(2)11-5-7-17(8-6-11)15(19)13-9-12(16)3-4-14(13)18/h3-4,9-11,18H,5-8H2,1-2H3. The predicted octanol–water partition coefficient (Wildman–Crippen LogP) is 3.66. The van der Waals surface area contributed by atoms with E-state index >= 15 is 0 Å². The van der Waals surface area contributed by atoms with Crippen LogP contribution in [0.1, 0.15) is 37.0 Å². The molecule has 3 nitrogen and oxygen atoms in total. The van der Waals surface area contributed by atoms with Crippen molar-refractivity contribution in [3.63, 3.8) is 0 Å². The van der Waals surface area contributed by atoms with Gasteiger partial charge in [0.25, 0.3) is 5.91 Å². The lowest BCUT2D eigenvalue weighted by atomic mass is 9.86. The summed E-state index contributed by atoms with van der Waals surface area (Å²) >= 11 is 3.34. The molecule has 0 spiro atoms. The second-order valence-corrected chi connectivity index (χ2v) is 6.45. The van der Waals surface area contributed by atoms with Crippen molar-refractivity contribution in [3.8, 4) is 5.75 Å². The summed E-state index contributed by atoms with van der Waals surface area (Å²) in [5.74, 6) is 1.37. The fraction of sp³-hybridized carbons (Fsp3) is 0.533. The van der Waals surface area contributed by atoms with Crippen LogP contribution in [0.2, 0.25) is 0 Å². The average molecular weight is 326 g/mol. The number of halogens is 1. The molecule has 0 saturated carbocycles. The summed E-state index contributed by atoms with van der Waals surface area (Å²) < 4.78 is 0.811. The summed E-state index contributed by atoms with van der Waals surface area (Å²) in [6.45, 7) is 6.05. The first-order valence-electron chi connectivity index (χ1n) is 6.77. The summed E-state index contributed by atoms with van der Waals surface area (Å²) in [5, 5.41) is 9.81. The number of carbonyl (C=O) groups is 1. The molecule has 104 valence electrons. The predicted molar refractivity (Wildman–Crippen MR) is 79.3 cm³/mol. The second kappa shape index (κ2) is 5.95. The minimum absolute atomic E-state index is 0.0548. The van der Waals surface area contributed by atoms with Gasteiger partial charge in [-0.3, -0.25) is 4.79 Å². The van der Waals surface area contributed by atoms with Crippen LogP contribution >= 0.6 is 15.9 Å². The number of aromatic hydroxyl groups is 1. The smallest absolute Gasteiger partial charge is 0.257 e. The third kappa shape index (κ3) is 3.30. The minimum Gasteiger partial charge on any atom is -0.507 e. The molecule has 1 aliphatic rings. The molecule has 1 saturated heterocycles. The van der Waals surface area contributed by atoms with Crippen LogP contribution < -0.4 is 0 Å². The average Bonchev–Trinajstić information content (AvgIpc) is 2.41. The third-order valence-corrected chi connectivity index (χ3v) is 4.45. The van der Waals surface area contributed by atoms with E-state index in [1.807, 2.05) is 4.90 Å². The number of phenols is 1. The van der Waals surface area contributed by atoms with E-state index in [1.165, 1.54) is 0 Å². The molecule has 4 heteroatoms. The highest BCUT2D eigenvalue weighted by Gasteiger charge is 2.26. The molecule has 1 N–H and O–H groups in total. The summed E-state index contributed by atoms with van der Waals surface area (Å²) in [6, 6.07) is 4.97. The zero-order valence-electron chi connectivity index (χ0n) is 11.4. The van der Waals surface area contributed by atoms with Gasteiger partial charge in [0, 0.05) is 17.6 Å². The molecular formula is C15H20BrNO2. The number of phenolic OH excluding ortho intramolecular Hbond substituents is 1. The zero-order valence-corrected chi connectivity index (χ0v) is 13.0. The first kappa shape index (κ1) is 14.4. The van der Waals surface area contributed by atoms with E-state index in [-0.39, 0.29) is 11.7 Å². The summed E-state index contributed by atoms with van der Waals surface area (Å²) in [6.07, 6.45) is 2.11. The maximum atomic E-state index is 12.4. The normalized spacial score (nSPS) is 16.9. The van der Waals surface area contributed by atoms with Crippen LogP contribution in [0.25, 0.3) is 0 Å². The molecule has 0 atom stereocenters. The molecule has 1 aromatic carbocycles. The Morgan fingerprint density at radius 1 is 1.37 bits per heavy atom. The lowest BCUT2D eigenvalue weighted by Crippen LogP contribution is -2.39. The lowest BCUT2D eigenvalue weighted by molar-refractivity contribution is 0.0664. The summed E-state index contributed by atoms with van der Waals surface area (Å²) in [7, 11) is 0. The quantitative estimate of drug-likeness (QED) is 0.901. The summed E-state index contributed by atoms with van der Waals surface area (Å²) in [4.78, 5) is 14.2. The topological polar surface area (TPSA) is 40.5 Å². The Morgan fingerprint density at radius 2 is 2.00 bits per heavy atom. The number of amides is 1. The Balaban J connectivity index is 2.07. The van der Waals surface area contributed by atoms with E-state index in [4.69, 9.17) is 0 Å². The molecule has 2 rings (SSSR count). The monoisotopic (exact) mass is 325 g/mol. The molecular weight excluding hydrogens is 306 g/mol. The van der Waals surface area contributed by atoms with E-state index in [9.17, 15) is 9.90 Å². The number of benzene rings is 1. The number of hydrogen-bond acceptors (Lipinski definition) is 2. The minimum atomic E-state index is -0.0685. The third-order valence-electron chi connectivity index (χ3n) is 3.96. The van der Waals surface area contributed by atoms with Gasteiger partial charge in [-0.1, -0.05) is 29.8 Å². The van der Waals surface area contributed by atoms with Crippen LogP contribution in [0, 0.1) is 11.8 Å². The van der Waals surface area contributed by atoms with Crippen molar-refractivity contribution >= 4 is 21.8 Å². The van der Waals surface area contributed by atoms with Crippen LogP contribution in [-0.2, 0) is 0 Å². The molecule has 1 aromatic rings. The number of nitrogens with zero attached hydrogens (tertiary/aromatic N) is 1. The van der Waals surface area contributed by atoms with Gasteiger partial charge in [-0.05, 0) is 42.9 Å². The highest BCUT2D eigenvalue weighted by Crippen LogP contribution is 2.28. The Bertz CT molecular complexity index is 465. The number of piperidine rings is 1. The lowest BCUT2D eigenvalue weighted by Gasteiger charge is -2.34. The maximum absolute atomic E-state index is 12.4. The highest BCUT2D eigenvalue weighted by atomic mass is 79.9. The van der Waals surface area contributed by atoms with Gasteiger partial charge in [0.1, 0.15) is 5.75 Å². The van der Waals surface area contributed by atoms with Crippen molar-refractivity contribution < 1.29 is 9.90 Å². The van der Waals surface area contributed by atoms with Gasteiger partial charge >= 0.3 is 0 Å². The van der Waals surface area contributed by atoms with Crippen LogP contribution in [0.3, 0.4) is 0 Å². The van der Waals surface area contributed by atoms with E-state index < -0.39 is 0 Å². The number of rotatable bonds is 2. The van der Waals surface area contributed by atoms with Crippen LogP contribution in [-0.4, -0.2) is 29.0 Å². The van der Waals surface area contributed by atoms with Gasteiger partial charge in [-0.2, -0.15) is 0 Å². The maximum Gasteiger partial charge on any atom is 0.257 e. The molecule has 0 bridgehead atoms. The van der Waals surface area contributed by atoms with E-state index in [0.29, 0.717) is 17.4 Å². The van der Waals surface area contributed by atoms with Gasteiger partial charge in [-0.15, -0.1) is 0 Å². The molecule has 0 unspecified atom stereocenters. The van der Waals surface area contributed by atoms with Crippen LogP contribution in [0.15, 0.2) is 22.7 Å². The van der Waals surface area contributed by atoms with Crippen molar-refractivity contribution in [2.24, 2.45) is 11.8 Å². The van der Waals surface area contributed by atoms with Crippen molar-refractivity contribution in [3.05, 3.63) is 28.2 Å². The van der Waals surface area contributed by atoms with Crippen molar-refractivity contribution in [2.45, 2.75) is 26.7 Å². The first-order valence-corrected chi connectivity index (χ1v) is 7.56. The number of likely N-dealkylation sites (tertiary alicyclic amines) is 1. The molecule has 1 fully saturated rings.